The molecule has 0 bridgehead atoms. The van der Waals surface area contributed by atoms with Gasteiger partial charge < -0.3 is 4.90 Å². The van der Waals surface area contributed by atoms with E-state index in [4.69, 9.17) is 0 Å². The molecule has 6 nitrogen and oxygen atoms in total. The summed E-state index contributed by atoms with van der Waals surface area (Å²) in [5.74, 6) is 1.22. The number of carbonyl (C=O) groups excluding carboxylic acids is 1. The zero-order valence-electron chi connectivity index (χ0n) is 13.5. The molecular formula is C18H17N5OS. The number of pyridine rings is 1. The smallest absolute Gasteiger partial charge is 0.259 e. The molecule has 25 heavy (non-hydrogen) atoms. The van der Waals surface area contributed by atoms with Crippen molar-refractivity contribution in [2.75, 3.05) is 23.3 Å². The number of carbonyl (C=O) groups is 1. The highest BCUT2D eigenvalue weighted by Crippen LogP contribution is 2.29. The highest BCUT2D eigenvalue weighted by molar-refractivity contribution is 7.13. The molecule has 1 aliphatic heterocycles. The van der Waals surface area contributed by atoms with Gasteiger partial charge in [-0.2, -0.15) is 0 Å². The molecule has 0 spiro atoms. The number of benzene rings is 1. The van der Waals surface area contributed by atoms with E-state index in [1.54, 1.807) is 17.8 Å². The second kappa shape index (κ2) is 6.98. The van der Waals surface area contributed by atoms with Gasteiger partial charge in [0.15, 0.2) is 0 Å². The predicted octanol–water partition coefficient (Wildman–Crippen LogP) is 3.18. The first-order valence-corrected chi connectivity index (χ1v) is 9.01. The molecule has 1 unspecified atom stereocenters. The van der Waals surface area contributed by atoms with Gasteiger partial charge in [0.1, 0.15) is 11.3 Å². The lowest BCUT2D eigenvalue weighted by Gasteiger charge is -2.17. The molecule has 2 aromatic heterocycles. The van der Waals surface area contributed by atoms with Crippen LogP contribution < -0.4 is 10.2 Å². The fraction of sp³-hybridized carbons (Fsp3) is 0.222. The van der Waals surface area contributed by atoms with Crippen molar-refractivity contribution in [1.82, 2.24) is 15.2 Å². The van der Waals surface area contributed by atoms with Gasteiger partial charge in [-0.1, -0.05) is 41.7 Å². The minimum absolute atomic E-state index is 0.223. The Morgan fingerprint density at radius 2 is 2.08 bits per heavy atom. The lowest BCUT2D eigenvalue weighted by atomic mass is 9.99. The van der Waals surface area contributed by atoms with Crippen molar-refractivity contribution < 1.29 is 4.79 Å². The SMILES string of the molecule is O=C(Nc1nncs1)c1ccc(N2CCC(c3ccccc3)C2)nc1. The molecule has 7 heteroatoms. The van der Waals surface area contributed by atoms with Crippen LogP contribution in [-0.4, -0.2) is 34.2 Å². The van der Waals surface area contributed by atoms with E-state index >= 15 is 0 Å². The fourth-order valence-corrected chi connectivity index (χ4v) is 3.51. The average Bonchev–Trinajstić information content (AvgIpc) is 3.34. The maximum absolute atomic E-state index is 12.2. The quantitative estimate of drug-likeness (QED) is 0.782. The van der Waals surface area contributed by atoms with Crippen molar-refractivity contribution in [3.05, 3.63) is 65.3 Å². The first kappa shape index (κ1) is 15.7. The van der Waals surface area contributed by atoms with Crippen LogP contribution >= 0.6 is 11.3 Å². The van der Waals surface area contributed by atoms with Gasteiger partial charge in [-0.15, -0.1) is 10.2 Å². The molecule has 3 heterocycles. The summed E-state index contributed by atoms with van der Waals surface area (Å²) in [6.07, 6.45) is 2.73. The van der Waals surface area contributed by atoms with Crippen LogP contribution in [0.15, 0.2) is 54.2 Å². The molecule has 1 atom stereocenters. The van der Waals surface area contributed by atoms with Crippen LogP contribution in [0.1, 0.15) is 28.3 Å². The van der Waals surface area contributed by atoms with Gasteiger partial charge in [0.2, 0.25) is 5.13 Å². The molecule has 0 saturated carbocycles. The van der Waals surface area contributed by atoms with Crippen molar-refractivity contribution in [1.29, 1.82) is 0 Å². The Balaban J connectivity index is 1.41. The molecule has 126 valence electrons. The monoisotopic (exact) mass is 351 g/mol. The topological polar surface area (TPSA) is 71.0 Å². The Hall–Kier alpha value is -2.80. The molecule has 1 amide bonds. The predicted molar refractivity (Wildman–Crippen MR) is 98.1 cm³/mol. The van der Waals surface area contributed by atoms with Crippen LogP contribution in [0.5, 0.6) is 0 Å². The molecule has 1 fully saturated rings. The van der Waals surface area contributed by atoms with Crippen LogP contribution in [0.2, 0.25) is 0 Å². The van der Waals surface area contributed by atoms with Crippen LogP contribution in [-0.2, 0) is 0 Å². The van der Waals surface area contributed by atoms with Crippen molar-refractivity contribution in [2.24, 2.45) is 0 Å². The average molecular weight is 351 g/mol. The first-order chi connectivity index (χ1) is 12.3. The van der Waals surface area contributed by atoms with E-state index in [1.165, 1.54) is 16.9 Å². The van der Waals surface area contributed by atoms with Crippen LogP contribution in [0, 0.1) is 0 Å². The first-order valence-electron chi connectivity index (χ1n) is 8.13. The molecule has 1 N–H and O–H groups in total. The summed E-state index contributed by atoms with van der Waals surface area (Å²) >= 11 is 1.28. The van der Waals surface area contributed by atoms with E-state index in [2.05, 4.69) is 49.7 Å². The Bertz CT molecular complexity index is 836. The summed E-state index contributed by atoms with van der Waals surface area (Å²) in [7, 11) is 0. The van der Waals surface area contributed by atoms with Crippen molar-refractivity contribution in [2.45, 2.75) is 12.3 Å². The Morgan fingerprint density at radius 3 is 2.80 bits per heavy atom. The van der Waals surface area contributed by atoms with Gasteiger partial charge in [-0.25, -0.2) is 4.98 Å². The second-order valence-corrected chi connectivity index (χ2v) is 6.78. The molecule has 1 aromatic carbocycles. The standard InChI is InChI=1S/C18H17N5OS/c24-17(21-18-22-20-12-25-18)14-6-7-16(19-10-14)23-9-8-15(11-23)13-4-2-1-3-5-13/h1-7,10,12,15H,8-9,11H2,(H,21,22,24). The van der Waals surface area contributed by atoms with Gasteiger partial charge >= 0.3 is 0 Å². The van der Waals surface area contributed by atoms with Gasteiger partial charge in [0.25, 0.3) is 5.91 Å². The molecule has 1 aliphatic rings. The highest BCUT2D eigenvalue weighted by Gasteiger charge is 2.24. The van der Waals surface area contributed by atoms with Gasteiger partial charge in [0, 0.05) is 25.2 Å². The van der Waals surface area contributed by atoms with E-state index in [1.807, 2.05) is 12.1 Å². The molecule has 0 aliphatic carbocycles. The molecular weight excluding hydrogens is 334 g/mol. The van der Waals surface area contributed by atoms with Crippen LogP contribution in [0.25, 0.3) is 0 Å². The lowest BCUT2D eigenvalue weighted by molar-refractivity contribution is 0.102. The zero-order valence-corrected chi connectivity index (χ0v) is 14.3. The van der Waals surface area contributed by atoms with Gasteiger partial charge in [0.05, 0.1) is 5.56 Å². The maximum Gasteiger partial charge on any atom is 0.259 e. The Kier molecular flexibility index (Phi) is 4.39. The number of nitrogens with one attached hydrogen (secondary N) is 1. The Morgan fingerprint density at radius 1 is 1.20 bits per heavy atom. The number of hydrogen-bond donors (Lipinski definition) is 1. The van der Waals surface area contributed by atoms with Crippen molar-refractivity contribution >= 4 is 28.2 Å². The summed E-state index contributed by atoms with van der Waals surface area (Å²) in [6.45, 7) is 1.93. The second-order valence-electron chi connectivity index (χ2n) is 5.95. The molecule has 3 aromatic rings. The number of rotatable bonds is 4. The summed E-state index contributed by atoms with van der Waals surface area (Å²) < 4.78 is 0. The summed E-state index contributed by atoms with van der Waals surface area (Å²) in [6, 6.07) is 14.3. The number of anilines is 2. The maximum atomic E-state index is 12.2. The van der Waals surface area contributed by atoms with Crippen molar-refractivity contribution in [3.63, 3.8) is 0 Å². The molecule has 0 radical (unpaired) electrons. The number of amides is 1. The van der Waals surface area contributed by atoms with Crippen molar-refractivity contribution in [3.8, 4) is 0 Å². The van der Waals surface area contributed by atoms with Gasteiger partial charge in [-0.3, -0.25) is 10.1 Å². The van der Waals surface area contributed by atoms with E-state index in [-0.39, 0.29) is 5.91 Å². The van der Waals surface area contributed by atoms with E-state index < -0.39 is 0 Å². The van der Waals surface area contributed by atoms with E-state index in [9.17, 15) is 4.79 Å². The fourth-order valence-electron chi connectivity index (χ4n) is 3.07. The third-order valence-corrected chi connectivity index (χ3v) is 4.98. The van der Waals surface area contributed by atoms with Crippen LogP contribution in [0.4, 0.5) is 10.9 Å². The molecule has 4 rings (SSSR count). The van der Waals surface area contributed by atoms with E-state index in [0.717, 1.165) is 25.3 Å². The van der Waals surface area contributed by atoms with E-state index in [0.29, 0.717) is 16.6 Å². The van der Waals surface area contributed by atoms with Crippen LogP contribution in [0.3, 0.4) is 0 Å². The summed E-state index contributed by atoms with van der Waals surface area (Å²) in [5, 5.41) is 10.7. The third kappa shape index (κ3) is 3.51. The highest BCUT2D eigenvalue weighted by atomic mass is 32.1. The Labute approximate surface area is 149 Å². The molecule has 1 saturated heterocycles. The normalized spacial score (nSPS) is 16.8. The summed E-state index contributed by atoms with van der Waals surface area (Å²) in [5.41, 5.74) is 3.46. The van der Waals surface area contributed by atoms with Gasteiger partial charge in [-0.05, 0) is 24.1 Å². The lowest BCUT2D eigenvalue weighted by Crippen LogP contribution is -2.21. The minimum Gasteiger partial charge on any atom is -0.356 e. The zero-order chi connectivity index (χ0) is 17.1. The largest absolute Gasteiger partial charge is 0.356 e. The number of nitrogens with zero attached hydrogens (tertiary/aromatic N) is 4. The summed E-state index contributed by atoms with van der Waals surface area (Å²) in [4.78, 5) is 18.9. The number of hydrogen-bond acceptors (Lipinski definition) is 6. The third-order valence-electron chi connectivity index (χ3n) is 4.37. The number of aromatic nitrogens is 3. The minimum atomic E-state index is -0.223.